The van der Waals surface area contributed by atoms with Crippen LogP contribution in [0.2, 0.25) is 0 Å². The van der Waals surface area contributed by atoms with Crippen molar-refractivity contribution in [1.29, 1.82) is 0 Å². The first-order valence-electron chi connectivity index (χ1n) is 8.12. The van der Waals surface area contributed by atoms with Gasteiger partial charge in [-0.05, 0) is 50.6 Å². The molecule has 0 aliphatic carbocycles. The van der Waals surface area contributed by atoms with E-state index >= 15 is 0 Å². The van der Waals surface area contributed by atoms with Crippen LogP contribution in [0.15, 0.2) is 53.9 Å². The Labute approximate surface area is 151 Å². The number of benzene rings is 2. The van der Waals surface area contributed by atoms with E-state index in [0.29, 0.717) is 5.69 Å². The van der Waals surface area contributed by atoms with E-state index in [1.54, 1.807) is 5.38 Å². The van der Waals surface area contributed by atoms with Crippen LogP contribution in [-0.4, -0.2) is 17.0 Å². The average Bonchev–Trinajstić information content (AvgIpc) is 3.04. The van der Waals surface area contributed by atoms with Crippen LogP contribution in [0, 0.1) is 6.92 Å². The van der Waals surface area contributed by atoms with E-state index in [1.165, 1.54) is 11.3 Å². The third-order valence-corrected chi connectivity index (χ3v) is 4.36. The summed E-state index contributed by atoms with van der Waals surface area (Å²) in [6, 6.07) is 15.5. The molecule has 0 spiro atoms. The minimum Gasteiger partial charge on any atom is -0.491 e. The minimum atomic E-state index is -0.206. The molecule has 0 radical (unpaired) electrons. The monoisotopic (exact) mass is 352 g/mol. The van der Waals surface area contributed by atoms with Gasteiger partial charge >= 0.3 is 0 Å². The molecule has 0 aliphatic rings. The number of rotatable bonds is 5. The van der Waals surface area contributed by atoms with Crippen molar-refractivity contribution in [2.75, 3.05) is 5.32 Å². The summed E-state index contributed by atoms with van der Waals surface area (Å²) in [7, 11) is 0. The molecule has 3 rings (SSSR count). The predicted molar refractivity (Wildman–Crippen MR) is 102 cm³/mol. The number of nitrogens with zero attached hydrogens (tertiary/aromatic N) is 1. The number of thiazole rings is 1. The van der Waals surface area contributed by atoms with E-state index in [9.17, 15) is 4.79 Å². The highest BCUT2D eigenvalue weighted by molar-refractivity contribution is 7.13. The maximum absolute atomic E-state index is 12.4. The van der Waals surface area contributed by atoms with Gasteiger partial charge in [0.25, 0.3) is 5.91 Å². The van der Waals surface area contributed by atoms with E-state index in [4.69, 9.17) is 4.74 Å². The number of hydrogen-bond acceptors (Lipinski definition) is 4. The van der Waals surface area contributed by atoms with Gasteiger partial charge in [0.1, 0.15) is 16.5 Å². The molecule has 1 heterocycles. The molecule has 0 saturated carbocycles. The number of ether oxygens (including phenoxy) is 1. The van der Waals surface area contributed by atoms with E-state index in [-0.39, 0.29) is 12.0 Å². The summed E-state index contributed by atoms with van der Waals surface area (Å²) in [4.78, 5) is 16.9. The van der Waals surface area contributed by atoms with Crippen molar-refractivity contribution in [3.63, 3.8) is 0 Å². The summed E-state index contributed by atoms with van der Waals surface area (Å²) in [6.45, 7) is 5.97. The number of aromatic nitrogens is 1. The summed E-state index contributed by atoms with van der Waals surface area (Å²) in [6.07, 6.45) is 0.113. The number of hydrogen-bond donors (Lipinski definition) is 1. The summed E-state index contributed by atoms with van der Waals surface area (Å²) in [5.41, 5.74) is 3.22. The summed E-state index contributed by atoms with van der Waals surface area (Å²) in [5, 5.41) is 5.45. The van der Waals surface area contributed by atoms with Gasteiger partial charge in [0.15, 0.2) is 0 Å². The Balaban J connectivity index is 1.77. The van der Waals surface area contributed by atoms with Crippen LogP contribution < -0.4 is 10.1 Å². The van der Waals surface area contributed by atoms with Crippen LogP contribution in [-0.2, 0) is 0 Å². The fourth-order valence-corrected chi connectivity index (χ4v) is 3.20. The number of nitrogens with one attached hydrogen (secondary N) is 1. The van der Waals surface area contributed by atoms with Crippen LogP contribution in [0.5, 0.6) is 5.75 Å². The van der Waals surface area contributed by atoms with E-state index in [0.717, 1.165) is 27.6 Å². The Bertz CT molecular complexity index is 887. The summed E-state index contributed by atoms with van der Waals surface area (Å²) >= 11 is 1.44. The molecule has 0 atom stereocenters. The van der Waals surface area contributed by atoms with Gasteiger partial charge in [-0.25, -0.2) is 4.98 Å². The van der Waals surface area contributed by atoms with Gasteiger partial charge in [0, 0.05) is 16.6 Å². The highest BCUT2D eigenvalue weighted by Gasteiger charge is 2.13. The maximum atomic E-state index is 12.4. The van der Waals surface area contributed by atoms with Crippen molar-refractivity contribution in [2.24, 2.45) is 0 Å². The normalized spacial score (nSPS) is 10.7. The van der Waals surface area contributed by atoms with Gasteiger partial charge in [-0.3, -0.25) is 4.79 Å². The highest BCUT2D eigenvalue weighted by atomic mass is 32.1. The highest BCUT2D eigenvalue weighted by Crippen LogP contribution is 2.27. The minimum absolute atomic E-state index is 0.113. The Morgan fingerprint density at radius 1 is 1.16 bits per heavy atom. The molecule has 0 fully saturated rings. The third-order valence-electron chi connectivity index (χ3n) is 3.47. The molecule has 0 saturated heterocycles. The van der Waals surface area contributed by atoms with Gasteiger partial charge in [-0.1, -0.05) is 24.3 Å². The lowest BCUT2D eigenvalue weighted by Crippen LogP contribution is -2.12. The standard InChI is InChI=1S/C20H20N2O2S/c1-13(2)24-17-9-5-7-15(11-17)20-22-18(12-25-20)19(23)21-16-8-4-6-14(3)10-16/h4-13H,1-3H3,(H,21,23). The lowest BCUT2D eigenvalue weighted by atomic mass is 10.2. The number of carbonyl (C=O) groups is 1. The van der Waals surface area contributed by atoms with Gasteiger partial charge < -0.3 is 10.1 Å². The van der Waals surface area contributed by atoms with Crippen molar-refractivity contribution in [3.8, 4) is 16.3 Å². The number of aryl methyl sites for hydroxylation is 1. The van der Waals surface area contributed by atoms with Crippen LogP contribution in [0.1, 0.15) is 29.9 Å². The Morgan fingerprint density at radius 2 is 1.96 bits per heavy atom. The van der Waals surface area contributed by atoms with Crippen molar-refractivity contribution >= 4 is 22.9 Å². The second kappa shape index (κ2) is 7.49. The molecule has 4 nitrogen and oxygen atoms in total. The molecule has 128 valence electrons. The molecule has 1 N–H and O–H groups in total. The molecule has 5 heteroatoms. The van der Waals surface area contributed by atoms with Crippen LogP contribution in [0.25, 0.3) is 10.6 Å². The van der Waals surface area contributed by atoms with Crippen molar-refractivity contribution < 1.29 is 9.53 Å². The predicted octanol–water partition coefficient (Wildman–Crippen LogP) is 5.16. The van der Waals surface area contributed by atoms with Crippen LogP contribution in [0.4, 0.5) is 5.69 Å². The molecule has 25 heavy (non-hydrogen) atoms. The van der Waals surface area contributed by atoms with E-state index in [2.05, 4.69) is 10.3 Å². The second-order valence-corrected chi connectivity index (χ2v) is 6.91. The fraction of sp³-hybridized carbons (Fsp3) is 0.200. The first-order valence-corrected chi connectivity index (χ1v) is 9.00. The quantitative estimate of drug-likeness (QED) is 0.690. The number of anilines is 1. The lowest BCUT2D eigenvalue weighted by Gasteiger charge is -2.10. The zero-order chi connectivity index (χ0) is 17.8. The summed E-state index contributed by atoms with van der Waals surface area (Å²) < 4.78 is 5.72. The van der Waals surface area contributed by atoms with Crippen molar-refractivity contribution in [1.82, 2.24) is 4.98 Å². The topological polar surface area (TPSA) is 51.2 Å². The molecule has 1 aromatic heterocycles. The first kappa shape index (κ1) is 17.2. The van der Waals surface area contributed by atoms with Gasteiger partial charge in [-0.15, -0.1) is 11.3 Å². The van der Waals surface area contributed by atoms with Crippen molar-refractivity contribution in [3.05, 3.63) is 65.2 Å². The van der Waals surface area contributed by atoms with Crippen LogP contribution >= 0.6 is 11.3 Å². The molecular formula is C20H20N2O2S. The molecule has 0 unspecified atom stereocenters. The average molecular weight is 352 g/mol. The van der Waals surface area contributed by atoms with Gasteiger partial charge in [0.2, 0.25) is 0 Å². The molecule has 2 aromatic carbocycles. The van der Waals surface area contributed by atoms with Gasteiger partial charge in [0.05, 0.1) is 6.10 Å². The molecule has 0 bridgehead atoms. The zero-order valence-electron chi connectivity index (χ0n) is 14.4. The maximum Gasteiger partial charge on any atom is 0.275 e. The molecule has 0 aliphatic heterocycles. The smallest absolute Gasteiger partial charge is 0.275 e. The van der Waals surface area contributed by atoms with Crippen molar-refractivity contribution in [2.45, 2.75) is 26.9 Å². The third kappa shape index (κ3) is 4.45. The first-order chi connectivity index (χ1) is 12.0. The van der Waals surface area contributed by atoms with E-state index < -0.39 is 0 Å². The zero-order valence-corrected chi connectivity index (χ0v) is 15.3. The molecular weight excluding hydrogens is 332 g/mol. The number of carbonyl (C=O) groups excluding carboxylic acids is 1. The molecule has 3 aromatic rings. The molecule has 1 amide bonds. The second-order valence-electron chi connectivity index (χ2n) is 6.06. The lowest BCUT2D eigenvalue weighted by molar-refractivity contribution is 0.102. The Kier molecular flexibility index (Phi) is 5.14. The largest absolute Gasteiger partial charge is 0.491 e. The Hall–Kier alpha value is -2.66. The fourth-order valence-electron chi connectivity index (χ4n) is 2.40. The van der Waals surface area contributed by atoms with E-state index in [1.807, 2.05) is 69.3 Å². The Morgan fingerprint density at radius 3 is 2.72 bits per heavy atom. The number of amides is 1. The summed E-state index contributed by atoms with van der Waals surface area (Å²) in [5.74, 6) is 0.594. The SMILES string of the molecule is Cc1cccc(NC(=O)c2csc(-c3cccc(OC(C)C)c3)n2)c1. The van der Waals surface area contributed by atoms with Crippen LogP contribution in [0.3, 0.4) is 0 Å². The van der Waals surface area contributed by atoms with Gasteiger partial charge in [-0.2, -0.15) is 0 Å².